The van der Waals surface area contributed by atoms with Crippen molar-refractivity contribution in [3.05, 3.63) is 40.2 Å². The van der Waals surface area contributed by atoms with Crippen LogP contribution in [0.1, 0.15) is 0 Å². The van der Waals surface area contributed by atoms with Crippen molar-refractivity contribution in [3.63, 3.8) is 0 Å². The highest BCUT2D eigenvalue weighted by molar-refractivity contribution is 9.10. The van der Waals surface area contributed by atoms with Crippen LogP contribution in [0, 0.1) is 0 Å². The molecule has 2 aromatic heterocycles. The number of halogens is 1. The van der Waals surface area contributed by atoms with Gasteiger partial charge in [0.1, 0.15) is 12.4 Å². The molecule has 0 N–H and O–H groups in total. The lowest BCUT2D eigenvalue weighted by molar-refractivity contribution is 0.0819. The average Bonchev–Trinajstić information content (AvgIpc) is 3.09. The van der Waals surface area contributed by atoms with Gasteiger partial charge in [0.25, 0.3) is 0 Å². The van der Waals surface area contributed by atoms with E-state index in [1.807, 2.05) is 4.68 Å². The number of rotatable bonds is 6. The van der Waals surface area contributed by atoms with Crippen molar-refractivity contribution >= 4 is 46.2 Å². The molecule has 6 heteroatoms. The summed E-state index contributed by atoms with van der Waals surface area (Å²) in [6, 6.07) is 11.6. The van der Waals surface area contributed by atoms with E-state index in [2.05, 4.69) is 71.3 Å². The summed E-state index contributed by atoms with van der Waals surface area (Å²) in [6.07, 6.45) is 0. The molecule has 0 fully saturated rings. The van der Waals surface area contributed by atoms with Gasteiger partial charge in [-0.1, -0.05) is 41.6 Å². The number of thiophene rings is 1. The minimum Gasteiger partial charge on any atom is -0.360 e. The molecule has 3 nitrogen and oxygen atoms in total. The van der Waals surface area contributed by atoms with E-state index in [-0.39, 0.29) is 0 Å². The Bertz CT molecular complexity index is 793. The zero-order valence-corrected chi connectivity index (χ0v) is 17.1. The summed E-state index contributed by atoms with van der Waals surface area (Å²) >= 11 is 5.28. The second kappa shape index (κ2) is 6.89. The Kier molecular flexibility index (Phi) is 5.06. The highest BCUT2D eigenvalue weighted by Crippen LogP contribution is 2.32. The van der Waals surface area contributed by atoms with Gasteiger partial charge in [-0.05, 0) is 35.7 Å². The zero-order valence-electron chi connectivity index (χ0n) is 13.7. The zero-order chi connectivity index (χ0) is 16.4. The molecule has 0 radical (unpaired) electrons. The average molecular weight is 409 g/mol. The molecule has 0 saturated heterocycles. The van der Waals surface area contributed by atoms with Crippen molar-refractivity contribution in [3.8, 4) is 10.6 Å². The van der Waals surface area contributed by atoms with Crippen LogP contribution < -0.4 is 0 Å². The fourth-order valence-electron chi connectivity index (χ4n) is 2.37. The summed E-state index contributed by atoms with van der Waals surface area (Å²) in [5.74, 6) is 0. The lowest BCUT2D eigenvalue weighted by atomic mass is 10.2. The summed E-state index contributed by atoms with van der Waals surface area (Å²) in [5.41, 5.74) is 2.15. The number of benzene rings is 1. The van der Waals surface area contributed by atoms with E-state index in [9.17, 15) is 0 Å². The van der Waals surface area contributed by atoms with Crippen LogP contribution in [0.5, 0.6) is 0 Å². The van der Waals surface area contributed by atoms with Crippen LogP contribution >= 0.6 is 27.3 Å². The molecular weight excluding hydrogens is 388 g/mol. The first-order valence-corrected chi connectivity index (χ1v) is 13.1. The van der Waals surface area contributed by atoms with E-state index in [0.29, 0.717) is 6.73 Å². The van der Waals surface area contributed by atoms with Crippen molar-refractivity contribution in [2.24, 2.45) is 0 Å². The molecule has 2 heterocycles. The summed E-state index contributed by atoms with van der Waals surface area (Å²) in [6.45, 7) is 8.42. The van der Waals surface area contributed by atoms with Crippen molar-refractivity contribution in [1.29, 1.82) is 0 Å². The molecule has 0 aliphatic rings. The van der Waals surface area contributed by atoms with Crippen LogP contribution in [0.3, 0.4) is 0 Å². The van der Waals surface area contributed by atoms with Crippen LogP contribution in [0.2, 0.25) is 25.7 Å². The number of hydrogen-bond donors (Lipinski definition) is 0. The number of aromatic nitrogens is 2. The lowest BCUT2D eigenvalue weighted by Gasteiger charge is -2.15. The SMILES string of the molecule is C[Si](C)(C)CCOCn1nc(-c2cccs2)c2cc(Br)ccc21. The summed E-state index contributed by atoms with van der Waals surface area (Å²) in [4.78, 5) is 1.19. The van der Waals surface area contributed by atoms with Crippen LogP contribution in [0.15, 0.2) is 40.2 Å². The molecule has 0 spiro atoms. The highest BCUT2D eigenvalue weighted by Gasteiger charge is 2.15. The van der Waals surface area contributed by atoms with Crippen molar-refractivity contribution in [2.75, 3.05) is 6.61 Å². The van der Waals surface area contributed by atoms with E-state index in [4.69, 9.17) is 9.84 Å². The maximum Gasteiger partial charge on any atom is 0.140 e. The standard InChI is InChI=1S/C17H21BrN2OSSi/c1-23(2,3)10-8-21-12-20-15-7-6-13(18)11-14(15)17(19-20)16-5-4-9-22-16/h4-7,9,11H,8,10,12H2,1-3H3. The minimum absolute atomic E-state index is 0.508. The van der Waals surface area contributed by atoms with E-state index in [0.717, 1.165) is 27.7 Å². The molecule has 122 valence electrons. The summed E-state index contributed by atoms with van der Waals surface area (Å²) in [5, 5.41) is 8.05. The smallest absolute Gasteiger partial charge is 0.140 e. The maximum atomic E-state index is 5.89. The molecular formula is C17H21BrN2OSSi. The molecule has 3 aromatic rings. The van der Waals surface area contributed by atoms with Gasteiger partial charge in [-0.25, -0.2) is 4.68 Å². The summed E-state index contributed by atoms with van der Waals surface area (Å²) < 4.78 is 8.94. The molecule has 0 atom stereocenters. The Morgan fingerprint density at radius 2 is 2.09 bits per heavy atom. The van der Waals surface area contributed by atoms with E-state index >= 15 is 0 Å². The molecule has 23 heavy (non-hydrogen) atoms. The molecule has 3 rings (SSSR count). The van der Waals surface area contributed by atoms with E-state index in [1.54, 1.807) is 11.3 Å². The second-order valence-electron chi connectivity index (χ2n) is 6.83. The quantitative estimate of drug-likeness (QED) is 0.378. The number of hydrogen-bond acceptors (Lipinski definition) is 3. The summed E-state index contributed by atoms with van der Waals surface area (Å²) in [7, 11) is -1.05. The van der Waals surface area contributed by atoms with Gasteiger partial charge in [-0.2, -0.15) is 5.10 Å². The van der Waals surface area contributed by atoms with Gasteiger partial charge in [0, 0.05) is 24.5 Å². The Balaban J connectivity index is 1.86. The van der Waals surface area contributed by atoms with Crippen LogP contribution in [-0.2, 0) is 11.5 Å². The normalized spacial score (nSPS) is 12.2. The molecule has 0 saturated carbocycles. The fourth-order valence-corrected chi connectivity index (χ4v) is 4.22. The molecule has 0 unspecified atom stereocenters. The monoisotopic (exact) mass is 408 g/mol. The second-order valence-corrected chi connectivity index (χ2v) is 14.3. The molecule has 0 bridgehead atoms. The Morgan fingerprint density at radius 3 is 2.78 bits per heavy atom. The van der Waals surface area contributed by atoms with Crippen LogP contribution in [-0.4, -0.2) is 24.5 Å². The third kappa shape index (κ3) is 4.12. The Labute approximate surface area is 150 Å². The van der Waals surface area contributed by atoms with Crippen LogP contribution in [0.25, 0.3) is 21.5 Å². The predicted molar refractivity (Wildman–Crippen MR) is 105 cm³/mol. The first-order chi connectivity index (χ1) is 10.9. The van der Waals surface area contributed by atoms with Crippen LogP contribution in [0.4, 0.5) is 0 Å². The molecule has 0 aliphatic heterocycles. The van der Waals surface area contributed by atoms with Gasteiger partial charge in [-0.15, -0.1) is 11.3 Å². The lowest BCUT2D eigenvalue weighted by Crippen LogP contribution is -2.22. The van der Waals surface area contributed by atoms with Crippen molar-refractivity contribution in [1.82, 2.24) is 9.78 Å². The number of nitrogens with zero attached hydrogens (tertiary/aromatic N) is 2. The largest absolute Gasteiger partial charge is 0.360 e. The number of fused-ring (bicyclic) bond motifs is 1. The van der Waals surface area contributed by atoms with Crippen molar-refractivity contribution in [2.45, 2.75) is 32.4 Å². The molecule has 0 aliphatic carbocycles. The molecule has 0 amide bonds. The Morgan fingerprint density at radius 1 is 1.26 bits per heavy atom. The third-order valence-electron chi connectivity index (χ3n) is 3.68. The number of ether oxygens (including phenoxy) is 1. The molecule has 1 aromatic carbocycles. The van der Waals surface area contributed by atoms with Gasteiger partial charge in [0.05, 0.1) is 10.4 Å². The van der Waals surface area contributed by atoms with Crippen molar-refractivity contribution < 1.29 is 4.74 Å². The van der Waals surface area contributed by atoms with E-state index < -0.39 is 8.07 Å². The van der Waals surface area contributed by atoms with Gasteiger partial charge in [0.15, 0.2) is 0 Å². The highest BCUT2D eigenvalue weighted by atomic mass is 79.9. The Hall–Kier alpha value is -0.953. The predicted octanol–water partition coefficient (Wildman–Crippen LogP) is 5.84. The minimum atomic E-state index is -1.05. The maximum absolute atomic E-state index is 5.89. The first-order valence-electron chi connectivity index (χ1n) is 7.72. The van der Waals surface area contributed by atoms with Gasteiger partial charge in [0.2, 0.25) is 0 Å². The topological polar surface area (TPSA) is 27.1 Å². The fraction of sp³-hybridized carbons (Fsp3) is 0.353. The van der Waals surface area contributed by atoms with E-state index in [1.165, 1.54) is 10.9 Å². The van der Waals surface area contributed by atoms with Gasteiger partial charge < -0.3 is 4.74 Å². The third-order valence-corrected chi connectivity index (χ3v) is 6.75. The first kappa shape index (κ1) is 16.9. The van der Waals surface area contributed by atoms with Gasteiger partial charge >= 0.3 is 0 Å². The van der Waals surface area contributed by atoms with Gasteiger partial charge in [-0.3, -0.25) is 0 Å².